The summed E-state index contributed by atoms with van der Waals surface area (Å²) in [7, 11) is 3.97. The molecule has 7 rings (SSSR count). The SMILES string of the molecule is CN(C)[C@H]1C[C@@]23CC[C@]4(O2)C2CC=C(c5ccc6nc[nH]c6c5)[C@@]2(C)CCC4(Cl)CC3[C@@H](O)[C@@H]1O. The Hall–Kier alpha value is -1.44. The molecule has 5 aliphatic rings. The van der Waals surface area contributed by atoms with E-state index in [1.165, 1.54) is 11.1 Å². The van der Waals surface area contributed by atoms with E-state index >= 15 is 0 Å². The van der Waals surface area contributed by atoms with E-state index in [4.69, 9.17) is 16.3 Å². The van der Waals surface area contributed by atoms with E-state index in [1.54, 1.807) is 6.33 Å². The van der Waals surface area contributed by atoms with E-state index in [2.05, 4.69) is 41.2 Å². The van der Waals surface area contributed by atoms with Gasteiger partial charge in [0.05, 0.1) is 45.6 Å². The van der Waals surface area contributed by atoms with Crippen LogP contribution in [0.4, 0.5) is 0 Å². The van der Waals surface area contributed by atoms with Gasteiger partial charge >= 0.3 is 0 Å². The first-order valence-corrected chi connectivity index (χ1v) is 13.6. The number of imidazole rings is 1. The number of nitrogens with one attached hydrogen (secondary N) is 1. The summed E-state index contributed by atoms with van der Waals surface area (Å²) in [6, 6.07) is 6.43. The number of benzene rings is 1. The summed E-state index contributed by atoms with van der Waals surface area (Å²) in [4.78, 5) is 9.19. The zero-order valence-corrected chi connectivity index (χ0v) is 21.6. The maximum atomic E-state index is 11.3. The normalized spacial score (nSPS) is 48.5. The second-order valence-corrected chi connectivity index (χ2v) is 13.2. The van der Waals surface area contributed by atoms with Gasteiger partial charge in [0.1, 0.15) is 0 Å². The van der Waals surface area contributed by atoms with Gasteiger partial charge in [-0.1, -0.05) is 19.1 Å². The molecule has 9 atom stereocenters. The van der Waals surface area contributed by atoms with Crippen molar-refractivity contribution in [1.29, 1.82) is 0 Å². The molecular weight excluding hydrogens is 462 g/mol. The Morgan fingerprint density at radius 3 is 2.74 bits per heavy atom. The molecule has 0 amide bonds. The number of hydrogen-bond donors (Lipinski definition) is 3. The number of fused-ring (bicyclic) bond motifs is 2. The summed E-state index contributed by atoms with van der Waals surface area (Å²) in [5.74, 6) is 0.179. The molecule has 2 bridgehead atoms. The summed E-state index contributed by atoms with van der Waals surface area (Å²) in [6.07, 6.45) is 8.72. The van der Waals surface area contributed by atoms with Crippen LogP contribution in [0.1, 0.15) is 57.4 Å². The molecule has 3 aliphatic carbocycles. The van der Waals surface area contributed by atoms with Crippen molar-refractivity contribution < 1.29 is 14.9 Å². The van der Waals surface area contributed by atoms with Crippen LogP contribution in [0.5, 0.6) is 0 Å². The average molecular weight is 498 g/mol. The molecule has 1 aromatic heterocycles. The predicted octanol–water partition coefficient (Wildman–Crippen LogP) is 4.11. The number of aromatic nitrogens is 2. The smallest absolute Gasteiger partial charge is 0.0958 e. The van der Waals surface area contributed by atoms with Crippen LogP contribution in [-0.2, 0) is 4.74 Å². The van der Waals surface area contributed by atoms with Crippen molar-refractivity contribution in [1.82, 2.24) is 14.9 Å². The lowest BCUT2D eigenvalue weighted by Crippen LogP contribution is -2.72. The van der Waals surface area contributed by atoms with E-state index in [9.17, 15) is 10.2 Å². The van der Waals surface area contributed by atoms with Crippen LogP contribution < -0.4 is 0 Å². The second-order valence-electron chi connectivity index (χ2n) is 12.5. The van der Waals surface area contributed by atoms with Crippen LogP contribution in [0.25, 0.3) is 16.6 Å². The molecular formula is C28H36ClN3O3. The summed E-state index contributed by atoms with van der Waals surface area (Å²) >= 11 is 7.61. The number of allylic oxidation sites excluding steroid dienone is 2. The molecule has 2 spiro atoms. The Morgan fingerprint density at radius 1 is 1.11 bits per heavy atom. The standard InChI is InChI=1S/C28H36ClN3O3/c1-25-8-10-27(29)13-18-23(33)24(34)21(32(2)3)14-26(18)9-11-28(27,35-26)22(25)7-5-17(25)16-4-6-19-20(12-16)31-15-30-19/h4-6,12,15,18,21-24,33-34H,7-11,13-14H2,1-3H3,(H,30,31)/t18?,21-,22?,23+,24+,25+,26+,27?,28-/m0/s1. The zero-order chi connectivity index (χ0) is 24.4. The topological polar surface area (TPSA) is 81.6 Å². The third-order valence-corrected chi connectivity index (χ3v) is 11.6. The molecule has 2 saturated carbocycles. The summed E-state index contributed by atoms with van der Waals surface area (Å²) in [6.45, 7) is 2.42. The number of nitrogens with zero attached hydrogens (tertiary/aromatic N) is 2. The fraction of sp³-hybridized carbons (Fsp3) is 0.679. The van der Waals surface area contributed by atoms with Gasteiger partial charge in [-0.25, -0.2) is 4.98 Å². The third kappa shape index (κ3) is 2.73. The van der Waals surface area contributed by atoms with Crippen LogP contribution >= 0.6 is 11.6 Å². The minimum atomic E-state index is -0.811. The van der Waals surface area contributed by atoms with Crippen LogP contribution in [0.15, 0.2) is 30.6 Å². The number of halogens is 1. The van der Waals surface area contributed by atoms with Crippen LogP contribution in [0.2, 0.25) is 0 Å². The highest BCUT2D eigenvalue weighted by molar-refractivity contribution is 6.25. The molecule has 6 nitrogen and oxygen atoms in total. The minimum Gasteiger partial charge on any atom is -0.390 e. The highest BCUT2D eigenvalue weighted by atomic mass is 35.5. The van der Waals surface area contributed by atoms with Gasteiger partial charge in [0, 0.05) is 17.9 Å². The number of aromatic amines is 1. The maximum Gasteiger partial charge on any atom is 0.0958 e. The van der Waals surface area contributed by atoms with Crippen molar-refractivity contribution in [3.8, 4) is 0 Å². The fourth-order valence-electron chi connectivity index (χ4n) is 9.11. The number of likely N-dealkylation sites (N-methyl/N-ethyl adjacent to an activating group) is 1. The minimum absolute atomic E-state index is 0.0157. The van der Waals surface area contributed by atoms with Crippen molar-refractivity contribution in [2.45, 2.75) is 86.2 Å². The lowest BCUT2D eigenvalue weighted by Gasteiger charge is -2.65. The second kappa shape index (κ2) is 7.11. The lowest BCUT2D eigenvalue weighted by atomic mass is 9.52. The number of alkyl halides is 1. The van der Waals surface area contributed by atoms with Gasteiger partial charge in [-0.05, 0) is 87.7 Å². The van der Waals surface area contributed by atoms with Crippen LogP contribution in [-0.4, -0.2) is 73.5 Å². The van der Waals surface area contributed by atoms with Crippen molar-refractivity contribution in [2.75, 3.05) is 14.1 Å². The molecule has 188 valence electrons. The van der Waals surface area contributed by atoms with Gasteiger partial charge in [0.15, 0.2) is 0 Å². The van der Waals surface area contributed by atoms with Gasteiger partial charge in [0.25, 0.3) is 0 Å². The molecule has 3 unspecified atom stereocenters. The quantitative estimate of drug-likeness (QED) is 0.544. The number of ether oxygens (including phenoxy) is 1. The van der Waals surface area contributed by atoms with E-state index in [-0.39, 0.29) is 17.4 Å². The Balaban J connectivity index is 1.28. The van der Waals surface area contributed by atoms with Crippen molar-refractivity contribution in [3.63, 3.8) is 0 Å². The summed E-state index contributed by atoms with van der Waals surface area (Å²) < 4.78 is 7.32. The summed E-state index contributed by atoms with van der Waals surface area (Å²) in [5, 5.41) is 22.2. The highest BCUT2D eigenvalue weighted by Gasteiger charge is 2.76. The largest absolute Gasteiger partial charge is 0.390 e. The number of H-pyrrole nitrogens is 1. The van der Waals surface area contributed by atoms with Crippen LogP contribution in [0, 0.1) is 17.3 Å². The molecule has 4 fully saturated rings. The average Bonchev–Trinajstić information content (AvgIpc) is 3.52. The van der Waals surface area contributed by atoms with E-state index in [1.807, 2.05) is 19.0 Å². The third-order valence-electron chi connectivity index (χ3n) is 10.9. The van der Waals surface area contributed by atoms with Gasteiger partial charge in [-0.15, -0.1) is 11.6 Å². The van der Waals surface area contributed by atoms with Gasteiger partial charge in [0.2, 0.25) is 0 Å². The Bertz CT molecular complexity index is 1230. The molecule has 1 aromatic carbocycles. The molecule has 0 radical (unpaired) electrons. The van der Waals surface area contributed by atoms with Crippen molar-refractivity contribution in [2.24, 2.45) is 17.3 Å². The van der Waals surface area contributed by atoms with Gasteiger partial charge in [-0.3, -0.25) is 0 Å². The molecule has 3 heterocycles. The van der Waals surface area contributed by atoms with Crippen molar-refractivity contribution >= 4 is 28.2 Å². The number of aliphatic hydroxyl groups is 2. The monoisotopic (exact) mass is 497 g/mol. The molecule has 2 aromatic rings. The first kappa shape index (κ1) is 22.7. The molecule has 2 saturated heterocycles. The molecule has 35 heavy (non-hydrogen) atoms. The van der Waals surface area contributed by atoms with E-state index < -0.39 is 28.3 Å². The van der Waals surface area contributed by atoms with Crippen molar-refractivity contribution in [3.05, 3.63) is 36.2 Å². The Morgan fingerprint density at radius 2 is 1.94 bits per heavy atom. The molecule has 2 aliphatic heterocycles. The number of aliphatic hydroxyl groups excluding tert-OH is 2. The van der Waals surface area contributed by atoms with Crippen LogP contribution in [0.3, 0.4) is 0 Å². The number of hydrogen-bond acceptors (Lipinski definition) is 5. The highest BCUT2D eigenvalue weighted by Crippen LogP contribution is 2.73. The Kier molecular flexibility index (Phi) is 4.62. The Labute approximate surface area is 211 Å². The van der Waals surface area contributed by atoms with Gasteiger partial charge in [-0.2, -0.15) is 0 Å². The molecule has 3 N–H and O–H groups in total. The first-order chi connectivity index (χ1) is 16.6. The summed E-state index contributed by atoms with van der Waals surface area (Å²) in [5.41, 5.74) is 3.88. The maximum absolute atomic E-state index is 11.3. The first-order valence-electron chi connectivity index (χ1n) is 13.2. The predicted molar refractivity (Wildman–Crippen MR) is 136 cm³/mol. The fourth-order valence-corrected chi connectivity index (χ4v) is 9.64. The van der Waals surface area contributed by atoms with E-state index in [0.717, 1.165) is 56.0 Å². The van der Waals surface area contributed by atoms with E-state index in [0.29, 0.717) is 5.92 Å². The van der Waals surface area contributed by atoms with Gasteiger partial charge < -0.3 is 24.8 Å². The lowest BCUT2D eigenvalue weighted by molar-refractivity contribution is -0.276. The zero-order valence-electron chi connectivity index (χ0n) is 20.8. The molecule has 7 heteroatoms. The number of rotatable bonds is 2.